The molecule has 2 amide bonds. The monoisotopic (exact) mass is 497 g/mol. The zero-order valence-corrected chi connectivity index (χ0v) is 21.1. The average molecular weight is 498 g/mol. The van der Waals surface area contributed by atoms with Gasteiger partial charge in [-0.15, -0.1) is 10.2 Å². The lowest BCUT2D eigenvalue weighted by Gasteiger charge is -2.17. The fourth-order valence-electron chi connectivity index (χ4n) is 3.57. The number of amides is 2. The van der Waals surface area contributed by atoms with Crippen molar-refractivity contribution in [1.82, 2.24) is 20.1 Å². The Morgan fingerprint density at radius 2 is 1.83 bits per heavy atom. The minimum atomic E-state index is -0.752. The van der Waals surface area contributed by atoms with Gasteiger partial charge in [-0.25, -0.2) is 0 Å². The predicted octanol–water partition coefficient (Wildman–Crippen LogP) is 3.62. The first kappa shape index (κ1) is 26.2. The molecule has 3 N–H and O–H groups in total. The summed E-state index contributed by atoms with van der Waals surface area (Å²) in [6, 6.07) is 13.7. The number of nitrogens with one attached hydrogen (secondary N) is 2. The Kier molecular flexibility index (Phi) is 9.27. The highest BCUT2D eigenvalue weighted by Crippen LogP contribution is 2.25. The molecule has 0 aliphatic rings. The second kappa shape index (κ2) is 12.4. The molecule has 10 heteroatoms. The van der Waals surface area contributed by atoms with Gasteiger partial charge >= 0.3 is 0 Å². The molecule has 0 radical (unpaired) electrons. The van der Waals surface area contributed by atoms with E-state index in [0.29, 0.717) is 28.8 Å². The van der Waals surface area contributed by atoms with Crippen molar-refractivity contribution < 1.29 is 19.4 Å². The molecule has 3 rings (SSSR count). The van der Waals surface area contributed by atoms with Crippen molar-refractivity contribution >= 4 is 29.3 Å². The van der Waals surface area contributed by atoms with Crippen LogP contribution in [0.2, 0.25) is 0 Å². The summed E-state index contributed by atoms with van der Waals surface area (Å²) in [7, 11) is 1.55. The van der Waals surface area contributed by atoms with Gasteiger partial charge in [-0.3, -0.25) is 9.59 Å². The first-order chi connectivity index (χ1) is 16.9. The van der Waals surface area contributed by atoms with E-state index in [1.165, 1.54) is 11.8 Å². The molecular formula is C25H31N5O4S. The molecule has 0 unspecified atom stereocenters. The quantitative estimate of drug-likeness (QED) is 0.346. The molecule has 0 saturated carbocycles. The normalized spacial score (nSPS) is 11.8. The Morgan fingerprint density at radius 3 is 2.46 bits per heavy atom. The maximum atomic E-state index is 12.7. The standard InChI is InChI=1S/C25H31N5O4S/c1-5-30-23(21(14-31)27-24(33)17-10-12-18(34-4)13-11-17)28-29-25(30)35-15-22(32)26-20-9-7-6-8-19(20)16(2)3/h6-13,16,21,31H,5,14-15H2,1-4H3,(H,26,32)(H,27,33)/t21-/m0/s1. The van der Waals surface area contributed by atoms with Crippen molar-refractivity contribution in [2.24, 2.45) is 0 Å². The fraction of sp³-hybridized carbons (Fsp3) is 0.360. The second-order valence-electron chi connectivity index (χ2n) is 8.10. The third-order valence-electron chi connectivity index (χ3n) is 5.40. The lowest BCUT2D eigenvalue weighted by atomic mass is 10.0. The van der Waals surface area contributed by atoms with Crippen LogP contribution in [-0.4, -0.2) is 51.2 Å². The van der Waals surface area contributed by atoms with Gasteiger partial charge in [0.15, 0.2) is 11.0 Å². The van der Waals surface area contributed by atoms with Crippen molar-refractivity contribution in [3.8, 4) is 5.75 Å². The summed E-state index contributed by atoms with van der Waals surface area (Å²) >= 11 is 1.25. The molecule has 35 heavy (non-hydrogen) atoms. The number of hydrogen-bond donors (Lipinski definition) is 3. The summed E-state index contributed by atoms with van der Waals surface area (Å²) in [5, 5.41) is 24.7. The first-order valence-corrected chi connectivity index (χ1v) is 12.4. The van der Waals surface area contributed by atoms with Crippen LogP contribution in [0.4, 0.5) is 5.69 Å². The van der Waals surface area contributed by atoms with E-state index in [-0.39, 0.29) is 30.1 Å². The van der Waals surface area contributed by atoms with E-state index in [2.05, 4.69) is 34.7 Å². The zero-order chi connectivity index (χ0) is 25.4. The van der Waals surface area contributed by atoms with Crippen LogP contribution in [0.15, 0.2) is 53.7 Å². The molecule has 0 spiro atoms. The number of hydrogen-bond acceptors (Lipinski definition) is 7. The number of ether oxygens (including phenoxy) is 1. The van der Waals surface area contributed by atoms with Crippen LogP contribution in [0, 0.1) is 0 Å². The highest BCUT2D eigenvalue weighted by molar-refractivity contribution is 7.99. The van der Waals surface area contributed by atoms with Crippen LogP contribution in [0.5, 0.6) is 5.75 Å². The molecule has 0 saturated heterocycles. The van der Waals surface area contributed by atoms with Gasteiger partial charge in [0, 0.05) is 17.8 Å². The Morgan fingerprint density at radius 1 is 1.11 bits per heavy atom. The molecule has 9 nitrogen and oxygen atoms in total. The molecular weight excluding hydrogens is 466 g/mol. The molecule has 2 aromatic carbocycles. The van der Waals surface area contributed by atoms with Crippen LogP contribution in [0.25, 0.3) is 0 Å². The topological polar surface area (TPSA) is 118 Å². The van der Waals surface area contributed by atoms with E-state index in [9.17, 15) is 14.7 Å². The molecule has 0 aliphatic heterocycles. The van der Waals surface area contributed by atoms with Gasteiger partial charge in [0.05, 0.1) is 19.5 Å². The van der Waals surface area contributed by atoms with Crippen LogP contribution in [0.3, 0.4) is 0 Å². The number of para-hydroxylation sites is 1. The van der Waals surface area contributed by atoms with Crippen LogP contribution in [0.1, 0.15) is 54.5 Å². The van der Waals surface area contributed by atoms with Crippen molar-refractivity contribution in [3.05, 3.63) is 65.5 Å². The van der Waals surface area contributed by atoms with Gasteiger partial charge in [-0.2, -0.15) is 0 Å². The van der Waals surface area contributed by atoms with E-state index >= 15 is 0 Å². The highest BCUT2D eigenvalue weighted by atomic mass is 32.2. The maximum absolute atomic E-state index is 12.7. The lowest BCUT2D eigenvalue weighted by Crippen LogP contribution is -2.32. The van der Waals surface area contributed by atoms with Gasteiger partial charge in [0.1, 0.15) is 11.8 Å². The smallest absolute Gasteiger partial charge is 0.251 e. The number of thioether (sulfide) groups is 1. The van der Waals surface area contributed by atoms with E-state index in [1.54, 1.807) is 35.9 Å². The Labute approximate surface area is 209 Å². The number of aliphatic hydroxyl groups is 1. The third-order valence-corrected chi connectivity index (χ3v) is 6.37. The number of aromatic nitrogens is 3. The van der Waals surface area contributed by atoms with E-state index < -0.39 is 6.04 Å². The second-order valence-corrected chi connectivity index (χ2v) is 9.04. The molecule has 1 heterocycles. The highest BCUT2D eigenvalue weighted by Gasteiger charge is 2.23. The lowest BCUT2D eigenvalue weighted by molar-refractivity contribution is -0.113. The van der Waals surface area contributed by atoms with E-state index in [1.807, 2.05) is 31.2 Å². The molecule has 0 fully saturated rings. The fourth-order valence-corrected chi connectivity index (χ4v) is 4.38. The van der Waals surface area contributed by atoms with Crippen LogP contribution < -0.4 is 15.4 Å². The maximum Gasteiger partial charge on any atom is 0.251 e. The SMILES string of the molecule is CCn1c(SCC(=O)Nc2ccccc2C(C)C)nnc1[C@H](CO)NC(=O)c1ccc(OC)cc1. The molecule has 1 aromatic heterocycles. The number of aliphatic hydroxyl groups excluding tert-OH is 1. The first-order valence-electron chi connectivity index (χ1n) is 11.4. The Hall–Kier alpha value is -3.37. The number of carbonyl (C=O) groups is 2. The van der Waals surface area contributed by atoms with Crippen LogP contribution in [-0.2, 0) is 11.3 Å². The number of benzene rings is 2. The Balaban J connectivity index is 1.67. The van der Waals surface area contributed by atoms with Crippen molar-refractivity contribution in [2.45, 2.75) is 44.4 Å². The van der Waals surface area contributed by atoms with Crippen molar-refractivity contribution in [2.75, 3.05) is 24.8 Å². The third kappa shape index (κ3) is 6.61. The Bertz CT molecular complexity index is 1150. The summed E-state index contributed by atoms with van der Waals surface area (Å²) in [5.74, 6) is 0.992. The average Bonchev–Trinajstić information content (AvgIpc) is 3.28. The summed E-state index contributed by atoms with van der Waals surface area (Å²) in [6.07, 6.45) is 0. The van der Waals surface area contributed by atoms with Gasteiger partial charge in [-0.1, -0.05) is 43.8 Å². The van der Waals surface area contributed by atoms with E-state index in [0.717, 1.165) is 11.3 Å². The molecule has 0 bridgehead atoms. The number of anilines is 1. The summed E-state index contributed by atoms with van der Waals surface area (Å²) < 4.78 is 6.91. The summed E-state index contributed by atoms with van der Waals surface area (Å²) in [4.78, 5) is 25.3. The van der Waals surface area contributed by atoms with Gasteiger partial charge in [0.25, 0.3) is 5.91 Å². The molecule has 186 valence electrons. The largest absolute Gasteiger partial charge is 0.497 e. The van der Waals surface area contributed by atoms with Gasteiger partial charge in [0.2, 0.25) is 5.91 Å². The number of methoxy groups -OCH3 is 1. The summed E-state index contributed by atoms with van der Waals surface area (Å²) in [5.41, 5.74) is 2.30. The zero-order valence-electron chi connectivity index (χ0n) is 20.3. The van der Waals surface area contributed by atoms with Crippen molar-refractivity contribution in [1.29, 1.82) is 0 Å². The molecule has 1 atom stereocenters. The molecule has 0 aliphatic carbocycles. The van der Waals surface area contributed by atoms with Crippen molar-refractivity contribution in [3.63, 3.8) is 0 Å². The molecule has 3 aromatic rings. The van der Waals surface area contributed by atoms with Crippen LogP contribution >= 0.6 is 11.8 Å². The summed E-state index contributed by atoms with van der Waals surface area (Å²) in [6.45, 7) is 6.23. The number of nitrogens with zero attached hydrogens (tertiary/aromatic N) is 3. The van der Waals surface area contributed by atoms with E-state index in [4.69, 9.17) is 4.74 Å². The van der Waals surface area contributed by atoms with Gasteiger partial charge in [-0.05, 0) is 48.7 Å². The number of rotatable bonds is 11. The minimum Gasteiger partial charge on any atom is -0.497 e. The predicted molar refractivity (Wildman–Crippen MR) is 136 cm³/mol. The number of carbonyl (C=O) groups excluding carboxylic acids is 2. The van der Waals surface area contributed by atoms with Gasteiger partial charge < -0.3 is 25.0 Å². The minimum absolute atomic E-state index is 0.145.